The number of carbonyl (C=O) groups is 2. The van der Waals surface area contributed by atoms with E-state index < -0.39 is 17.9 Å². The van der Waals surface area contributed by atoms with Crippen molar-refractivity contribution < 1.29 is 14.3 Å². The van der Waals surface area contributed by atoms with E-state index in [1.807, 2.05) is 54.6 Å². The van der Waals surface area contributed by atoms with Crippen LogP contribution in [-0.2, 0) is 11.2 Å². The van der Waals surface area contributed by atoms with Gasteiger partial charge in [0.05, 0.1) is 7.11 Å². The minimum atomic E-state index is -0.835. The van der Waals surface area contributed by atoms with Crippen molar-refractivity contribution in [2.45, 2.75) is 12.5 Å². The Kier molecular flexibility index (Phi) is 7.51. The molecule has 0 aliphatic rings. The second-order valence-corrected chi connectivity index (χ2v) is 8.77. The second-order valence-electron chi connectivity index (χ2n) is 7.36. The van der Waals surface area contributed by atoms with Crippen LogP contribution >= 0.6 is 22.9 Å². The summed E-state index contributed by atoms with van der Waals surface area (Å²) in [5.74, 6) is -0.0922. The highest BCUT2D eigenvalue weighted by Crippen LogP contribution is 2.28. The first-order valence-electron chi connectivity index (χ1n) is 10.4. The van der Waals surface area contributed by atoms with Gasteiger partial charge in [-0.15, -0.1) is 10.2 Å². The van der Waals surface area contributed by atoms with Crippen molar-refractivity contribution >= 4 is 39.9 Å². The molecule has 0 aliphatic carbocycles. The summed E-state index contributed by atoms with van der Waals surface area (Å²) in [6, 6.07) is 22.6. The predicted octanol–water partition coefficient (Wildman–Crippen LogP) is 4.85. The summed E-state index contributed by atoms with van der Waals surface area (Å²) in [6.45, 7) is 0. The Morgan fingerprint density at radius 3 is 2.56 bits per heavy atom. The quantitative estimate of drug-likeness (QED) is 0.367. The molecule has 1 unspecified atom stereocenters. The van der Waals surface area contributed by atoms with Crippen LogP contribution < -0.4 is 15.4 Å². The van der Waals surface area contributed by atoms with Gasteiger partial charge in [0.1, 0.15) is 16.8 Å². The predicted molar refractivity (Wildman–Crippen MR) is 133 cm³/mol. The van der Waals surface area contributed by atoms with Crippen molar-refractivity contribution in [3.05, 3.63) is 95.0 Å². The number of aromatic nitrogens is 2. The molecule has 0 bridgehead atoms. The van der Waals surface area contributed by atoms with Crippen LogP contribution in [0.15, 0.2) is 78.9 Å². The molecule has 3 aromatic carbocycles. The standard InChI is InChI=1S/C25H21ClN4O3S/c1-33-20-12-6-10-18(15-20)24-29-30-25(34-24)28-23(32)21(13-16-7-3-2-4-8-16)27-22(31)17-9-5-11-19(26)14-17/h2-12,14-15,21H,13H2,1H3,(H,27,31)(H,28,30,32). The molecule has 0 saturated carbocycles. The number of nitrogens with one attached hydrogen (secondary N) is 2. The van der Waals surface area contributed by atoms with Gasteiger partial charge in [0.15, 0.2) is 0 Å². The molecule has 1 aromatic heterocycles. The molecule has 0 aliphatic heterocycles. The SMILES string of the molecule is COc1cccc(-c2nnc(NC(=O)C(Cc3ccccc3)NC(=O)c3cccc(Cl)c3)s2)c1. The number of halogens is 1. The second kappa shape index (κ2) is 10.9. The molecule has 1 heterocycles. The van der Waals surface area contributed by atoms with E-state index in [4.69, 9.17) is 16.3 Å². The molecule has 0 fully saturated rings. The number of anilines is 1. The third-order valence-electron chi connectivity index (χ3n) is 4.96. The number of carbonyl (C=O) groups excluding carboxylic acids is 2. The first kappa shape index (κ1) is 23.4. The Morgan fingerprint density at radius 2 is 1.79 bits per heavy atom. The summed E-state index contributed by atoms with van der Waals surface area (Å²) in [6.07, 6.45) is 0.306. The Hall–Kier alpha value is -3.75. The summed E-state index contributed by atoms with van der Waals surface area (Å²) in [4.78, 5) is 26.0. The maximum Gasteiger partial charge on any atom is 0.251 e. The Balaban J connectivity index is 1.52. The van der Waals surface area contributed by atoms with Crippen LogP contribution in [0.5, 0.6) is 5.75 Å². The zero-order valence-electron chi connectivity index (χ0n) is 18.2. The lowest BCUT2D eigenvalue weighted by Crippen LogP contribution is -2.45. The lowest BCUT2D eigenvalue weighted by atomic mass is 10.0. The minimum absolute atomic E-state index is 0.306. The van der Waals surface area contributed by atoms with Gasteiger partial charge < -0.3 is 10.1 Å². The van der Waals surface area contributed by atoms with E-state index in [0.29, 0.717) is 32.9 Å². The van der Waals surface area contributed by atoms with Crippen molar-refractivity contribution in [3.8, 4) is 16.3 Å². The number of nitrogens with zero attached hydrogens (tertiary/aromatic N) is 2. The van der Waals surface area contributed by atoms with Gasteiger partial charge in [0.25, 0.3) is 5.91 Å². The number of amides is 2. The maximum absolute atomic E-state index is 13.2. The highest BCUT2D eigenvalue weighted by atomic mass is 35.5. The van der Waals surface area contributed by atoms with Crippen LogP contribution in [0.3, 0.4) is 0 Å². The first-order valence-corrected chi connectivity index (χ1v) is 11.6. The third kappa shape index (κ3) is 5.98. The number of hydrogen-bond donors (Lipinski definition) is 2. The Morgan fingerprint density at radius 1 is 1.00 bits per heavy atom. The Bertz CT molecular complexity index is 1300. The number of ether oxygens (including phenoxy) is 1. The van der Waals surface area contributed by atoms with Gasteiger partial charge in [0, 0.05) is 22.6 Å². The molecular formula is C25H21ClN4O3S. The monoisotopic (exact) mass is 492 g/mol. The number of methoxy groups -OCH3 is 1. The zero-order valence-corrected chi connectivity index (χ0v) is 19.8. The summed E-state index contributed by atoms with van der Waals surface area (Å²) in [5, 5.41) is 15.3. The molecule has 2 N–H and O–H groups in total. The zero-order chi connectivity index (χ0) is 23.9. The van der Waals surface area contributed by atoms with Crippen LogP contribution in [0.1, 0.15) is 15.9 Å². The smallest absolute Gasteiger partial charge is 0.251 e. The molecule has 34 heavy (non-hydrogen) atoms. The van der Waals surface area contributed by atoms with Gasteiger partial charge in [-0.3, -0.25) is 14.9 Å². The van der Waals surface area contributed by atoms with E-state index in [2.05, 4.69) is 20.8 Å². The van der Waals surface area contributed by atoms with Crippen molar-refractivity contribution in [2.24, 2.45) is 0 Å². The van der Waals surface area contributed by atoms with E-state index in [9.17, 15) is 9.59 Å². The summed E-state index contributed by atoms with van der Waals surface area (Å²) < 4.78 is 5.25. The highest BCUT2D eigenvalue weighted by Gasteiger charge is 2.23. The number of benzene rings is 3. The van der Waals surface area contributed by atoms with Gasteiger partial charge in [-0.05, 0) is 35.9 Å². The van der Waals surface area contributed by atoms with Crippen LogP contribution in [0.2, 0.25) is 5.02 Å². The summed E-state index contributed by atoms with van der Waals surface area (Å²) in [7, 11) is 1.59. The average Bonchev–Trinajstić information content (AvgIpc) is 3.32. The van der Waals surface area contributed by atoms with Gasteiger partial charge in [-0.25, -0.2) is 0 Å². The average molecular weight is 493 g/mol. The molecular weight excluding hydrogens is 472 g/mol. The largest absolute Gasteiger partial charge is 0.497 e. The van der Waals surface area contributed by atoms with E-state index >= 15 is 0 Å². The van der Waals surface area contributed by atoms with Gasteiger partial charge >= 0.3 is 0 Å². The topological polar surface area (TPSA) is 93.2 Å². The van der Waals surface area contributed by atoms with Crippen LogP contribution in [-0.4, -0.2) is 35.2 Å². The van der Waals surface area contributed by atoms with Crippen molar-refractivity contribution in [3.63, 3.8) is 0 Å². The van der Waals surface area contributed by atoms with Crippen LogP contribution in [0, 0.1) is 0 Å². The maximum atomic E-state index is 13.2. The lowest BCUT2D eigenvalue weighted by Gasteiger charge is -2.18. The molecule has 0 saturated heterocycles. The minimum Gasteiger partial charge on any atom is -0.497 e. The number of rotatable bonds is 8. The summed E-state index contributed by atoms with van der Waals surface area (Å²) in [5.41, 5.74) is 2.10. The van der Waals surface area contributed by atoms with E-state index in [-0.39, 0.29) is 0 Å². The number of hydrogen-bond acceptors (Lipinski definition) is 6. The molecule has 172 valence electrons. The van der Waals surface area contributed by atoms with Gasteiger partial charge in [-0.2, -0.15) is 0 Å². The first-order chi connectivity index (χ1) is 16.5. The summed E-state index contributed by atoms with van der Waals surface area (Å²) >= 11 is 7.25. The van der Waals surface area contributed by atoms with Crippen molar-refractivity contribution in [1.82, 2.24) is 15.5 Å². The van der Waals surface area contributed by atoms with E-state index in [0.717, 1.165) is 11.1 Å². The lowest BCUT2D eigenvalue weighted by molar-refractivity contribution is -0.118. The molecule has 0 radical (unpaired) electrons. The molecule has 2 amide bonds. The van der Waals surface area contributed by atoms with Gasteiger partial charge in [0.2, 0.25) is 11.0 Å². The van der Waals surface area contributed by atoms with Crippen molar-refractivity contribution in [1.29, 1.82) is 0 Å². The van der Waals surface area contributed by atoms with Gasteiger partial charge in [-0.1, -0.05) is 71.5 Å². The highest BCUT2D eigenvalue weighted by molar-refractivity contribution is 7.18. The van der Waals surface area contributed by atoms with E-state index in [1.54, 1.807) is 31.4 Å². The fourth-order valence-corrected chi connectivity index (χ4v) is 4.20. The van der Waals surface area contributed by atoms with E-state index in [1.165, 1.54) is 11.3 Å². The van der Waals surface area contributed by atoms with Crippen molar-refractivity contribution in [2.75, 3.05) is 12.4 Å². The molecule has 9 heteroatoms. The molecule has 1 atom stereocenters. The molecule has 7 nitrogen and oxygen atoms in total. The fourth-order valence-electron chi connectivity index (χ4n) is 3.27. The fraction of sp³-hybridized carbons (Fsp3) is 0.120. The third-order valence-corrected chi connectivity index (χ3v) is 6.09. The molecule has 4 rings (SSSR count). The normalized spacial score (nSPS) is 11.5. The van der Waals surface area contributed by atoms with Crippen LogP contribution in [0.4, 0.5) is 5.13 Å². The molecule has 0 spiro atoms. The van der Waals surface area contributed by atoms with Crippen LogP contribution in [0.25, 0.3) is 10.6 Å². The molecule has 4 aromatic rings. The Labute approximate surface area is 205 Å².